The Bertz CT molecular complexity index is 632. The summed E-state index contributed by atoms with van der Waals surface area (Å²) in [5.74, 6) is -4.38. The third-order valence-electron chi connectivity index (χ3n) is 2.60. The SMILES string of the molecule is Cc1cnc(C(C)NC(=O)c2cc(F)c(F)c(F)c2)o1. The van der Waals surface area contributed by atoms with Crippen LogP contribution in [0.25, 0.3) is 0 Å². The van der Waals surface area contributed by atoms with Crippen LogP contribution >= 0.6 is 0 Å². The van der Waals surface area contributed by atoms with Crippen molar-refractivity contribution >= 4 is 5.91 Å². The summed E-state index contributed by atoms with van der Waals surface area (Å²) in [5, 5.41) is 2.45. The molecular weight excluding hydrogens is 273 g/mol. The van der Waals surface area contributed by atoms with Gasteiger partial charge in [-0.1, -0.05) is 0 Å². The predicted molar refractivity (Wildman–Crippen MR) is 63.4 cm³/mol. The molecule has 1 aromatic heterocycles. The van der Waals surface area contributed by atoms with Gasteiger partial charge in [0.25, 0.3) is 5.91 Å². The second-order valence-electron chi connectivity index (χ2n) is 4.26. The largest absolute Gasteiger partial charge is 0.444 e. The minimum atomic E-state index is -1.61. The van der Waals surface area contributed by atoms with Gasteiger partial charge in [0.2, 0.25) is 5.89 Å². The molecule has 2 aromatic rings. The second-order valence-corrected chi connectivity index (χ2v) is 4.26. The maximum Gasteiger partial charge on any atom is 0.252 e. The fraction of sp³-hybridized carbons (Fsp3) is 0.231. The second kappa shape index (κ2) is 5.36. The number of oxazole rings is 1. The Kier molecular flexibility index (Phi) is 3.78. The average molecular weight is 284 g/mol. The van der Waals surface area contributed by atoms with Gasteiger partial charge in [0, 0.05) is 5.56 Å². The van der Waals surface area contributed by atoms with Gasteiger partial charge in [0.1, 0.15) is 11.8 Å². The molecule has 1 atom stereocenters. The monoisotopic (exact) mass is 284 g/mol. The molecule has 0 aliphatic carbocycles. The summed E-state index contributed by atoms with van der Waals surface area (Å²) in [7, 11) is 0. The van der Waals surface area contributed by atoms with Crippen molar-refractivity contribution in [1.82, 2.24) is 10.3 Å². The number of nitrogens with one attached hydrogen (secondary N) is 1. The molecule has 0 aliphatic rings. The van der Waals surface area contributed by atoms with Crippen LogP contribution in [0.1, 0.15) is 35.0 Å². The van der Waals surface area contributed by atoms with E-state index in [2.05, 4.69) is 10.3 Å². The Morgan fingerprint density at radius 1 is 1.30 bits per heavy atom. The molecule has 0 saturated carbocycles. The molecule has 0 saturated heterocycles. The van der Waals surface area contributed by atoms with Crippen molar-refractivity contribution in [2.45, 2.75) is 19.9 Å². The topological polar surface area (TPSA) is 55.1 Å². The zero-order valence-corrected chi connectivity index (χ0v) is 10.7. The lowest BCUT2D eigenvalue weighted by Crippen LogP contribution is -2.27. The maximum atomic E-state index is 13.0. The van der Waals surface area contributed by atoms with Crippen molar-refractivity contribution in [2.75, 3.05) is 0 Å². The van der Waals surface area contributed by atoms with Crippen molar-refractivity contribution in [1.29, 1.82) is 0 Å². The van der Waals surface area contributed by atoms with Crippen LogP contribution in [0.15, 0.2) is 22.7 Å². The highest BCUT2D eigenvalue weighted by molar-refractivity contribution is 5.94. The Morgan fingerprint density at radius 2 is 1.90 bits per heavy atom. The lowest BCUT2D eigenvalue weighted by atomic mass is 10.2. The lowest BCUT2D eigenvalue weighted by molar-refractivity contribution is 0.0932. The number of amides is 1. The number of benzene rings is 1. The van der Waals surface area contributed by atoms with Gasteiger partial charge in [-0.2, -0.15) is 0 Å². The van der Waals surface area contributed by atoms with Crippen LogP contribution in [0.5, 0.6) is 0 Å². The minimum Gasteiger partial charge on any atom is -0.444 e. The molecule has 1 aromatic carbocycles. The Hall–Kier alpha value is -2.31. The lowest BCUT2D eigenvalue weighted by Gasteiger charge is -2.10. The van der Waals surface area contributed by atoms with Gasteiger partial charge < -0.3 is 9.73 Å². The van der Waals surface area contributed by atoms with Gasteiger partial charge in [0.15, 0.2) is 17.5 Å². The molecule has 1 heterocycles. The van der Waals surface area contributed by atoms with Crippen molar-refractivity contribution in [3.05, 3.63) is 53.0 Å². The summed E-state index contributed by atoms with van der Waals surface area (Å²) in [6.45, 7) is 3.29. The van der Waals surface area contributed by atoms with E-state index in [1.54, 1.807) is 13.8 Å². The third-order valence-corrected chi connectivity index (χ3v) is 2.60. The van der Waals surface area contributed by atoms with Crippen LogP contribution in [0.3, 0.4) is 0 Å². The van der Waals surface area contributed by atoms with E-state index in [1.807, 2.05) is 0 Å². The first kappa shape index (κ1) is 14.1. The molecule has 20 heavy (non-hydrogen) atoms. The van der Waals surface area contributed by atoms with Crippen LogP contribution in [0, 0.1) is 24.4 Å². The maximum absolute atomic E-state index is 13.0. The zero-order chi connectivity index (χ0) is 14.9. The molecule has 0 fully saturated rings. The number of aryl methyl sites for hydroxylation is 1. The fourth-order valence-corrected chi connectivity index (χ4v) is 1.60. The Balaban J connectivity index is 2.16. The average Bonchev–Trinajstić information content (AvgIpc) is 2.82. The van der Waals surface area contributed by atoms with E-state index in [-0.39, 0.29) is 11.5 Å². The first-order valence-corrected chi connectivity index (χ1v) is 5.76. The molecule has 4 nitrogen and oxygen atoms in total. The van der Waals surface area contributed by atoms with Crippen LogP contribution in [0.2, 0.25) is 0 Å². The number of carbonyl (C=O) groups is 1. The molecule has 1 amide bonds. The van der Waals surface area contributed by atoms with Crippen molar-refractivity contribution in [2.24, 2.45) is 0 Å². The zero-order valence-electron chi connectivity index (χ0n) is 10.7. The van der Waals surface area contributed by atoms with E-state index >= 15 is 0 Å². The normalized spacial score (nSPS) is 12.2. The van der Waals surface area contributed by atoms with Crippen LogP contribution in [-0.2, 0) is 0 Å². The van der Waals surface area contributed by atoms with Crippen LogP contribution in [0.4, 0.5) is 13.2 Å². The van der Waals surface area contributed by atoms with Crippen molar-refractivity contribution < 1.29 is 22.4 Å². The summed E-state index contributed by atoms with van der Waals surface area (Å²) in [5.41, 5.74) is -0.323. The molecule has 0 radical (unpaired) electrons. The molecule has 1 unspecified atom stereocenters. The van der Waals surface area contributed by atoms with Crippen LogP contribution in [-0.4, -0.2) is 10.9 Å². The highest BCUT2D eigenvalue weighted by Gasteiger charge is 2.18. The van der Waals surface area contributed by atoms with Crippen molar-refractivity contribution in [3.63, 3.8) is 0 Å². The minimum absolute atomic E-state index is 0.263. The molecule has 0 aliphatic heterocycles. The summed E-state index contributed by atoms with van der Waals surface area (Å²) in [6.07, 6.45) is 1.48. The van der Waals surface area contributed by atoms with E-state index in [4.69, 9.17) is 4.42 Å². The van der Waals surface area contributed by atoms with Gasteiger partial charge in [-0.15, -0.1) is 0 Å². The standard InChI is InChI=1S/C13H11F3N2O2/c1-6-5-17-13(20-6)7(2)18-12(19)8-3-9(14)11(16)10(15)4-8/h3-5,7H,1-2H3,(H,18,19). The van der Waals surface area contributed by atoms with Gasteiger partial charge in [-0.25, -0.2) is 18.2 Å². The highest BCUT2D eigenvalue weighted by atomic mass is 19.2. The number of nitrogens with zero attached hydrogens (tertiary/aromatic N) is 1. The van der Waals surface area contributed by atoms with E-state index in [0.29, 0.717) is 17.9 Å². The van der Waals surface area contributed by atoms with Gasteiger partial charge in [-0.05, 0) is 26.0 Å². The Labute approximate surface area is 112 Å². The van der Waals surface area contributed by atoms with Gasteiger partial charge in [0.05, 0.1) is 6.20 Å². The number of aromatic nitrogens is 1. The number of carbonyl (C=O) groups excluding carboxylic acids is 1. The summed E-state index contributed by atoms with van der Waals surface area (Å²) in [6, 6.07) is 0.662. The molecule has 1 N–H and O–H groups in total. The predicted octanol–water partition coefficient (Wildman–Crippen LogP) is 2.89. The third kappa shape index (κ3) is 2.81. The summed E-state index contributed by atoms with van der Waals surface area (Å²) >= 11 is 0. The molecular formula is C13H11F3N2O2. The quantitative estimate of drug-likeness (QED) is 0.882. The number of hydrogen-bond acceptors (Lipinski definition) is 3. The Morgan fingerprint density at radius 3 is 2.40 bits per heavy atom. The molecule has 106 valence electrons. The van der Waals surface area contributed by atoms with E-state index < -0.39 is 29.4 Å². The van der Waals surface area contributed by atoms with Gasteiger partial charge in [-0.3, -0.25) is 4.79 Å². The molecule has 0 spiro atoms. The smallest absolute Gasteiger partial charge is 0.252 e. The first-order valence-electron chi connectivity index (χ1n) is 5.76. The van der Waals surface area contributed by atoms with E-state index in [9.17, 15) is 18.0 Å². The fourth-order valence-electron chi connectivity index (χ4n) is 1.60. The van der Waals surface area contributed by atoms with E-state index in [0.717, 1.165) is 0 Å². The van der Waals surface area contributed by atoms with Crippen molar-refractivity contribution in [3.8, 4) is 0 Å². The number of halogens is 3. The summed E-state index contributed by atoms with van der Waals surface area (Å²) in [4.78, 5) is 15.7. The van der Waals surface area contributed by atoms with Crippen LogP contribution < -0.4 is 5.32 Å². The van der Waals surface area contributed by atoms with E-state index in [1.165, 1.54) is 6.20 Å². The first-order chi connectivity index (χ1) is 9.38. The molecule has 2 rings (SSSR count). The molecule has 0 bridgehead atoms. The molecule has 7 heteroatoms. The van der Waals surface area contributed by atoms with Gasteiger partial charge >= 0.3 is 0 Å². The highest BCUT2D eigenvalue weighted by Crippen LogP contribution is 2.16. The summed E-state index contributed by atoms with van der Waals surface area (Å²) < 4.78 is 44.1. The number of hydrogen-bond donors (Lipinski definition) is 1. The number of rotatable bonds is 3.